The summed E-state index contributed by atoms with van der Waals surface area (Å²) in [5.41, 5.74) is 0. The van der Waals surface area contributed by atoms with Crippen LogP contribution in [0, 0.1) is 30.6 Å². The standard InChI is InChI=1S/C22H21N3O5/c1-11-4-7-16(30-11)14(10-17(27)24-20-15(26)3-2-8-23-20)25-21(28)18-12-5-6-13(9-12)19(18)22(25)29/h2-8,12-14,18-19,26H,9-10H2,1H3,(H,23,24,27). The third-order valence-electron chi connectivity index (χ3n) is 6.33. The summed E-state index contributed by atoms with van der Waals surface area (Å²) in [6.07, 6.45) is 6.15. The van der Waals surface area contributed by atoms with Gasteiger partial charge in [0.2, 0.25) is 17.7 Å². The van der Waals surface area contributed by atoms with Crippen molar-refractivity contribution in [2.45, 2.75) is 25.8 Å². The predicted octanol–water partition coefficient (Wildman–Crippen LogP) is 2.57. The second kappa shape index (κ2) is 6.83. The molecule has 2 aromatic rings. The van der Waals surface area contributed by atoms with Gasteiger partial charge >= 0.3 is 0 Å². The van der Waals surface area contributed by atoms with Gasteiger partial charge in [0, 0.05) is 6.20 Å². The first-order valence-corrected chi connectivity index (χ1v) is 9.99. The molecule has 3 amide bonds. The molecule has 3 aliphatic rings. The van der Waals surface area contributed by atoms with Crippen molar-refractivity contribution < 1.29 is 23.9 Å². The number of hydrogen-bond donors (Lipinski definition) is 2. The quantitative estimate of drug-likeness (QED) is 0.582. The summed E-state index contributed by atoms with van der Waals surface area (Å²) in [6.45, 7) is 1.76. The molecule has 2 aromatic heterocycles. The molecule has 8 heteroatoms. The van der Waals surface area contributed by atoms with Crippen LogP contribution in [0.2, 0.25) is 0 Å². The summed E-state index contributed by atoms with van der Waals surface area (Å²) in [4.78, 5) is 44.4. The van der Waals surface area contributed by atoms with Crippen LogP contribution in [0.15, 0.2) is 47.0 Å². The van der Waals surface area contributed by atoms with Gasteiger partial charge in [0.25, 0.3) is 0 Å². The first kappa shape index (κ1) is 18.6. The molecule has 8 nitrogen and oxygen atoms in total. The molecule has 1 aliphatic heterocycles. The van der Waals surface area contributed by atoms with Crippen molar-refractivity contribution in [1.82, 2.24) is 9.88 Å². The highest BCUT2D eigenvalue weighted by atomic mass is 16.3. The number of carbonyl (C=O) groups excluding carboxylic acids is 3. The first-order valence-electron chi connectivity index (χ1n) is 9.99. The molecule has 5 atom stereocenters. The van der Waals surface area contributed by atoms with E-state index in [1.54, 1.807) is 25.1 Å². The van der Waals surface area contributed by atoms with Crippen LogP contribution in [0.4, 0.5) is 5.82 Å². The lowest BCUT2D eigenvalue weighted by atomic mass is 9.85. The van der Waals surface area contributed by atoms with Crippen LogP contribution in [-0.2, 0) is 14.4 Å². The molecule has 30 heavy (non-hydrogen) atoms. The Kier molecular flexibility index (Phi) is 4.23. The Labute approximate surface area is 172 Å². The highest BCUT2D eigenvalue weighted by molar-refractivity contribution is 6.07. The maximum atomic E-state index is 13.2. The van der Waals surface area contributed by atoms with Crippen LogP contribution in [0.25, 0.3) is 0 Å². The first-order chi connectivity index (χ1) is 14.4. The Balaban J connectivity index is 1.43. The van der Waals surface area contributed by atoms with Gasteiger partial charge in [-0.1, -0.05) is 12.2 Å². The Morgan fingerprint density at radius 2 is 1.93 bits per heavy atom. The largest absolute Gasteiger partial charge is 0.504 e. The van der Waals surface area contributed by atoms with Gasteiger partial charge in [-0.15, -0.1) is 0 Å². The van der Waals surface area contributed by atoms with E-state index in [4.69, 9.17) is 4.42 Å². The summed E-state index contributed by atoms with van der Waals surface area (Å²) < 4.78 is 5.71. The van der Waals surface area contributed by atoms with Crippen molar-refractivity contribution in [3.05, 3.63) is 54.1 Å². The van der Waals surface area contributed by atoms with E-state index in [0.717, 1.165) is 6.42 Å². The number of allylic oxidation sites excluding steroid dienone is 2. The third kappa shape index (κ3) is 2.82. The van der Waals surface area contributed by atoms with Crippen LogP contribution >= 0.6 is 0 Å². The number of carbonyl (C=O) groups is 3. The average molecular weight is 407 g/mol. The van der Waals surface area contributed by atoms with Crippen LogP contribution in [0.1, 0.15) is 30.4 Å². The molecule has 5 rings (SSSR count). The fourth-order valence-corrected chi connectivity index (χ4v) is 5.04. The smallest absolute Gasteiger partial charge is 0.234 e. The number of nitrogens with one attached hydrogen (secondary N) is 1. The summed E-state index contributed by atoms with van der Waals surface area (Å²) in [5.74, 6) is -0.640. The molecule has 3 heterocycles. The fourth-order valence-electron chi connectivity index (χ4n) is 5.04. The van der Waals surface area contributed by atoms with Gasteiger partial charge in [-0.2, -0.15) is 0 Å². The number of aryl methyl sites for hydroxylation is 1. The highest BCUT2D eigenvalue weighted by Crippen LogP contribution is 2.54. The number of furan rings is 1. The number of rotatable bonds is 5. The van der Waals surface area contributed by atoms with E-state index in [1.807, 2.05) is 12.2 Å². The molecule has 5 unspecified atom stereocenters. The molecule has 2 aliphatic carbocycles. The Morgan fingerprint density at radius 1 is 1.23 bits per heavy atom. The topological polar surface area (TPSA) is 113 Å². The van der Waals surface area contributed by atoms with E-state index >= 15 is 0 Å². The van der Waals surface area contributed by atoms with Gasteiger partial charge in [0.15, 0.2) is 11.6 Å². The second-order valence-corrected chi connectivity index (χ2v) is 8.13. The Morgan fingerprint density at radius 3 is 2.53 bits per heavy atom. The molecule has 1 saturated heterocycles. The summed E-state index contributed by atoms with van der Waals surface area (Å²) in [6, 6.07) is 5.53. The number of aromatic nitrogens is 1. The van der Waals surface area contributed by atoms with Crippen molar-refractivity contribution in [3.63, 3.8) is 0 Å². The Hall–Kier alpha value is -3.42. The van der Waals surface area contributed by atoms with Crippen LogP contribution in [-0.4, -0.2) is 32.7 Å². The second-order valence-electron chi connectivity index (χ2n) is 8.13. The normalized spacial score (nSPS) is 27.6. The van der Waals surface area contributed by atoms with Crippen molar-refractivity contribution in [1.29, 1.82) is 0 Å². The van der Waals surface area contributed by atoms with E-state index in [0.29, 0.717) is 11.5 Å². The fraction of sp³-hybridized carbons (Fsp3) is 0.364. The maximum Gasteiger partial charge on any atom is 0.234 e. The van der Waals surface area contributed by atoms with E-state index in [1.165, 1.54) is 17.2 Å². The molecule has 2 N–H and O–H groups in total. The average Bonchev–Trinajstić information content (AvgIpc) is 3.47. The van der Waals surface area contributed by atoms with Gasteiger partial charge < -0.3 is 14.8 Å². The van der Waals surface area contributed by atoms with Gasteiger partial charge in [-0.25, -0.2) is 4.98 Å². The molecule has 2 fully saturated rings. The minimum Gasteiger partial charge on any atom is -0.504 e. The zero-order chi connectivity index (χ0) is 21.0. The highest BCUT2D eigenvalue weighted by Gasteiger charge is 2.60. The lowest BCUT2D eigenvalue weighted by Crippen LogP contribution is -2.38. The number of hydrogen-bond acceptors (Lipinski definition) is 6. The number of amides is 3. The number of likely N-dealkylation sites (tertiary alicyclic amines) is 1. The predicted molar refractivity (Wildman–Crippen MR) is 105 cm³/mol. The van der Waals surface area contributed by atoms with Crippen LogP contribution < -0.4 is 5.32 Å². The van der Waals surface area contributed by atoms with Gasteiger partial charge in [-0.3, -0.25) is 19.3 Å². The Bertz CT molecular complexity index is 1040. The van der Waals surface area contributed by atoms with Crippen molar-refractivity contribution >= 4 is 23.5 Å². The van der Waals surface area contributed by atoms with E-state index in [2.05, 4.69) is 10.3 Å². The van der Waals surface area contributed by atoms with Crippen LogP contribution in [0.3, 0.4) is 0 Å². The van der Waals surface area contributed by atoms with Gasteiger partial charge in [0.1, 0.15) is 17.6 Å². The molecule has 0 spiro atoms. The number of imide groups is 1. The third-order valence-corrected chi connectivity index (χ3v) is 6.33. The zero-order valence-electron chi connectivity index (χ0n) is 16.3. The zero-order valence-corrected chi connectivity index (χ0v) is 16.3. The number of aromatic hydroxyl groups is 1. The number of nitrogens with zero attached hydrogens (tertiary/aromatic N) is 2. The van der Waals surface area contributed by atoms with Gasteiger partial charge in [-0.05, 0) is 49.4 Å². The molecular weight excluding hydrogens is 386 g/mol. The molecular formula is C22H21N3O5. The lowest BCUT2D eigenvalue weighted by molar-refractivity contribution is -0.144. The van der Waals surface area contributed by atoms with E-state index in [9.17, 15) is 19.5 Å². The van der Waals surface area contributed by atoms with E-state index in [-0.39, 0.29) is 53.5 Å². The SMILES string of the molecule is Cc1ccc(C(CC(=O)Nc2ncccc2O)N2C(=O)C3C4C=CC(C4)C3C2=O)o1. The number of pyridine rings is 1. The van der Waals surface area contributed by atoms with E-state index < -0.39 is 11.9 Å². The van der Waals surface area contributed by atoms with Crippen molar-refractivity contribution in [2.24, 2.45) is 23.7 Å². The lowest BCUT2D eigenvalue weighted by Gasteiger charge is -2.26. The molecule has 2 bridgehead atoms. The number of fused-ring (bicyclic) bond motifs is 5. The molecule has 0 aromatic carbocycles. The summed E-state index contributed by atoms with van der Waals surface area (Å²) in [7, 11) is 0. The van der Waals surface area contributed by atoms with Crippen LogP contribution in [0.5, 0.6) is 5.75 Å². The minimum absolute atomic E-state index is 0.0232. The van der Waals surface area contributed by atoms with Crippen molar-refractivity contribution in [3.8, 4) is 5.75 Å². The van der Waals surface area contributed by atoms with Crippen molar-refractivity contribution in [2.75, 3.05) is 5.32 Å². The minimum atomic E-state index is -0.852. The molecule has 0 radical (unpaired) electrons. The maximum absolute atomic E-state index is 13.2. The monoisotopic (exact) mass is 407 g/mol. The van der Waals surface area contributed by atoms with Gasteiger partial charge in [0.05, 0.1) is 18.3 Å². The molecule has 1 saturated carbocycles. The molecule has 154 valence electrons. The number of anilines is 1. The summed E-state index contributed by atoms with van der Waals surface area (Å²) >= 11 is 0. The summed E-state index contributed by atoms with van der Waals surface area (Å²) in [5, 5.41) is 12.4.